The van der Waals surface area contributed by atoms with E-state index >= 15 is 0 Å². The van der Waals surface area contributed by atoms with E-state index in [1.807, 2.05) is 0 Å². The summed E-state index contributed by atoms with van der Waals surface area (Å²) in [5.41, 5.74) is -2.03. The molecule has 2 aromatic carbocycles. The van der Waals surface area contributed by atoms with Crippen LogP contribution < -0.4 is 10.9 Å². The van der Waals surface area contributed by atoms with Crippen molar-refractivity contribution < 1.29 is 26.4 Å². The number of halogens is 4. The van der Waals surface area contributed by atoms with Crippen molar-refractivity contribution in [2.24, 2.45) is 0 Å². The van der Waals surface area contributed by atoms with Crippen LogP contribution in [0.4, 0.5) is 18.9 Å². The normalized spacial score (nSPS) is 11.9. The lowest BCUT2D eigenvalue weighted by Crippen LogP contribution is -2.33. The predicted octanol–water partition coefficient (Wildman–Crippen LogP) is 4.61. The van der Waals surface area contributed by atoms with Crippen LogP contribution in [0.1, 0.15) is 16.8 Å². The molecule has 6 nitrogen and oxygen atoms in total. The summed E-state index contributed by atoms with van der Waals surface area (Å²) in [4.78, 5) is 24.9. The third kappa shape index (κ3) is 5.12. The number of carbonyl (C=O) groups is 1. The van der Waals surface area contributed by atoms with Gasteiger partial charge in [0.05, 0.1) is 16.1 Å². The maximum atomic E-state index is 13.2. The van der Waals surface area contributed by atoms with Crippen molar-refractivity contribution in [3.8, 4) is 0 Å². The molecule has 0 saturated heterocycles. The van der Waals surface area contributed by atoms with Gasteiger partial charge in [-0.2, -0.15) is 13.2 Å². The van der Waals surface area contributed by atoms with Crippen molar-refractivity contribution in [2.75, 3.05) is 5.32 Å². The van der Waals surface area contributed by atoms with E-state index in [1.165, 1.54) is 56.3 Å². The van der Waals surface area contributed by atoms with Crippen molar-refractivity contribution in [1.82, 2.24) is 4.57 Å². The molecule has 0 aliphatic carbocycles. The Balaban J connectivity index is 2.00. The fourth-order valence-corrected chi connectivity index (χ4v) is 5.01. The van der Waals surface area contributed by atoms with Gasteiger partial charge in [-0.15, -0.1) is 0 Å². The number of nitrogens with zero attached hydrogens (tertiary/aromatic N) is 1. The molecule has 0 radical (unpaired) electrons. The van der Waals surface area contributed by atoms with Crippen molar-refractivity contribution in [1.29, 1.82) is 0 Å². The second-order valence-electron chi connectivity index (χ2n) is 7.24. The average molecular weight is 499 g/mol. The molecule has 0 fully saturated rings. The molecule has 3 aromatic rings. The van der Waals surface area contributed by atoms with E-state index in [9.17, 15) is 31.2 Å². The molecule has 0 unspecified atom stereocenters. The number of hydrogen-bond donors (Lipinski definition) is 1. The fraction of sp³-hybridized carbons (Fsp3) is 0.182. The Hall–Kier alpha value is -3.11. The molecular weight excluding hydrogens is 481 g/mol. The van der Waals surface area contributed by atoms with Gasteiger partial charge in [-0.05, 0) is 61.9 Å². The minimum absolute atomic E-state index is 0.161. The van der Waals surface area contributed by atoms with Crippen LogP contribution in [0.2, 0.25) is 5.02 Å². The lowest BCUT2D eigenvalue weighted by molar-refractivity contribution is -0.137. The highest BCUT2D eigenvalue weighted by Crippen LogP contribution is 2.34. The zero-order valence-corrected chi connectivity index (χ0v) is 19.0. The summed E-state index contributed by atoms with van der Waals surface area (Å²) in [5, 5.41) is 2.46. The monoisotopic (exact) mass is 498 g/mol. The number of aryl methyl sites for hydroxylation is 2. The number of pyridine rings is 1. The lowest BCUT2D eigenvalue weighted by Gasteiger charge is -2.16. The van der Waals surface area contributed by atoms with Gasteiger partial charge < -0.3 is 9.88 Å². The molecule has 0 atom stereocenters. The second kappa shape index (κ2) is 9.03. The molecule has 0 spiro atoms. The molecule has 1 N–H and O–H groups in total. The zero-order chi connectivity index (χ0) is 24.6. The van der Waals surface area contributed by atoms with Gasteiger partial charge in [0.1, 0.15) is 11.4 Å². The maximum absolute atomic E-state index is 13.2. The first-order chi connectivity index (χ1) is 15.3. The van der Waals surface area contributed by atoms with Gasteiger partial charge in [-0.3, -0.25) is 9.59 Å². The lowest BCUT2D eigenvalue weighted by atomic mass is 10.1. The Morgan fingerprint density at radius 2 is 1.67 bits per heavy atom. The minimum atomic E-state index is -4.69. The summed E-state index contributed by atoms with van der Waals surface area (Å²) in [7, 11) is -4.25. The van der Waals surface area contributed by atoms with Crippen LogP contribution in [0.5, 0.6) is 0 Å². The number of para-hydroxylation sites is 1. The van der Waals surface area contributed by atoms with Crippen LogP contribution in [0.3, 0.4) is 0 Å². The van der Waals surface area contributed by atoms with Crippen molar-refractivity contribution in [3.05, 3.63) is 86.8 Å². The quantitative estimate of drug-likeness (QED) is 0.556. The number of anilines is 1. The summed E-state index contributed by atoms with van der Waals surface area (Å²) in [6.07, 6.45) is -4.69. The summed E-state index contributed by atoms with van der Waals surface area (Å²) >= 11 is 5.80. The summed E-state index contributed by atoms with van der Waals surface area (Å²) < 4.78 is 66.7. The number of benzene rings is 2. The Morgan fingerprint density at radius 1 is 1.06 bits per heavy atom. The average Bonchev–Trinajstić information content (AvgIpc) is 2.70. The highest BCUT2D eigenvalue weighted by atomic mass is 35.5. The van der Waals surface area contributed by atoms with Gasteiger partial charge in [-0.25, -0.2) is 8.42 Å². The van der Waals surface area contributed by atoms with E-state index in [2.05, 4.69) is 5.32 Å². The largest absolute Gasteiger partial charge is 0.418 e. The van der Waals surface area contributed by atoms with E-state index in [1.54, 1.807) is 0 Å². The van der Waals surface area contributed by atoms with Gasteiger partial charge in [0.15, 0.2) is 0 Å². The topological polar surface area (TPSA) is 85.2 Å². The molecule has 11 heteroatoms. The third-order valence-corrected chi connectivity index (χ3v) is 7.03. The molecule has 0 aliphatic rings. The number of aromatic nitrogens is 1. The molecule has 3 rings (SSSR count). The first kappa shape index (κ1) is 24.5. The van der Waals surface area contributed by atoms with E-state index in [0.29, 0.717) is 5.02 Å². The number of alkyl halides is 3. The number of sulfone groups is 1. The molecule has 0 aliphatic heterocycles. The van der Waals surface area contributed by atoms with E-state index in [-0.39, 0.29) is 16.2 Å². The maximum Gasteiger partial charge on any atom is 0.418 e. The third-order valence-electron chi connectivity index (χ3n) is 4.85. The van der Waals surface area contributed by atoms with Crippen LogP contribution in [0.25, 0.3) is 0 Å². The molecule has 0 bridgehead atoms. The zero-order valence-electron chi connectivity index (χ0n) is 17.4. The highest BCUT2D eigenvalue weighted by molar-refractivity contribution is 7.91. The number of rotatable bonds is 5. The number of hydrogen-bond acceptors (Lipinski definition) is 4. The first-order valence-electron chi connectivity index (χ1n) is 9.50. The fourth-order valence-electron chi connectivity index (χ4n) is 3.34. The smallest absolute Gasteiger partial charge is 0.324 e. The molecular formula is C22H18ClF3N2O4S. The van der Waals surface area contributed by atoms with Crippen LogP contribution in [-0.2, 0) is 27.4 Å². The van der Waals surface area contributed by atoms with Gasteiger partial charge in [-0.1, -0.05) is 23.7 Å². The molecule has 33 heavy (non-hydrogen) atoms. The Labute approximate surface area is 192 Å². The van der Waals surface area contributed by atoms with Crippen molar-refractivity contribution in [3.63, 3.8) is 0 Å². The van der Waals surface area contributed by atoms with Crippen LogP contribution in [-0.4, -0.2) is 18.9 Å². The summed E-state index contributed by atoms with van der Waals surface area (Å²) in [6.45, 7) is 2.26. The van der Waals surface area contributed by atoms with E-state index in [0.717, 1.165) is 16.7 Å². The SMILES string of the molecule is Cc1cc(C)n(CC(=O)Nc2ccccc2C(F)(F)F)c(=O)c1S(=O)(=O)c1ccc(Cl)cc1. The standard InChI is InChI=1S/C22H18ClF3N2O4S/c1-13-11-14(2)28(12-19(29)27-18-6-4-3-5-17(18)22(24,25)26)21(30)20(13)33(31,32)16-9-7-15(23)8-10-16/h3-11H,12H2,1-2H3,(H,27,29). The van der Waals surface area contributed by atoms with Gasteiger partial charge >= 0.3 is 6.18 Å². The molecule has 0 saturated carbocycles. The summed E-state index contributed by atoms with van der Waals surface area (Å²) in [6, 6.07) is 11.1. The van der Waals surface area contributed by atoms with Crippen molar-refractivity contribution in [2.45, 2.75) is 36.4 Å². The van der Waals surface area contributed by atoms with Crippen molar-refractivity contribution >= 4 is 33.0 Å². The minimum Gasteiger partial charge on any atom is -0.324 e. The molecule has 1 amide bonds. The molecule has 1 heterocycles. The Kier molecular flexibility index (Phi) is 6.71. The highest BCUT2D eigenvalue weighted by Gasteiger charge is 2.33. The summed E-state index contributed by atoms with van der Waals surface area (Å²) in [5.74, 6) is -0.921. The first-order valence-corrected chi connectivity index (χ1v) is 11.4. The molecule has 1 aromatic heterocycles. The predicted molar refractivity (Wildman–Crippen MR) is 117 cm³/mol. The second-order valence-corrected chi connectivity index (χ2v) is 9.56. The van der Waals surface area contributed by atoms with Crippen LogP contribution in [0, 0.1) is 13.8 Å². The van der Waals surface area contributed by atoms with E-state index in [4.69, 9.17) is 11.6 Å². The molecule has 174 valence electrons. The van der Waals surface area contributed by atoms with Crippen LogP contribution >= 0.6 is 11.6 Å². The Bertz CT molecular complexity index is 1380. The number of carbonyl (C=O) groups excluding carboxylic acids is 1. The van der Waals surface area contributed by atoms with Crippen LogP contribution in [0.15, 0.2) is 69.2 Å². The van der Waals surface area contributed by atoms with Gasteiger partial charge in [0.25, 0.3) is 5.56 Å². The van der Waals surface area contributed by atoms with Gasteiger partial charge in [0.2, 0.25) is 15.7 Å². The Morgan fingerprint density at radius 3 is 2.27 bits per heavy atom. The number of amides is 1. The van der Waals surface area contributed by atoms with E-state index < -0.39 is 50.2 Å². The van der Waals surface area contributed by atoms with Gasteiger partial charge in [0, 0.05) is 10.7 Å². The number of nitrogens with one attached hydrogen (secondary N) is 1.